The summed E-state index contributed by atoms with van der Waals surface area (Å²) in [5.74, 6) is -0.148. The van der Waals surface area contributed by atoms with Crippen LogP contribution in [-0.4, -0.2) is 47.2 Å². The van der Waals surface area contributed by atoms with Crippen molar-refractivity contribution in [2.75, 3.05) is 31.1 Å². The number of nitrogens with one attached hydrogen (secondary N) is 1. The first-order chi connectivity index (χ1) is 14.3. The summed E-state index contributed by atoms with van der Waals surface area (Å²) in [6.07, 6.45) is 1.78. The van der Waals surface area contributed by atoms with Crippen LogP contribution in [0.15, 0.2) is 47.4 Å². The lowest BCUT2D eigenvalue weighted by molar-refractivity contribution is -0.120. The fourth-order valence-corrected chi connectivity index (χ4v) is 4.80. The van der Waals surface area contributed by atoms with Crippen molar-refractivity contribution in [3.8, 4) is 5.75 Å². The summed E-state index contributed by atoms with van der Waals surface area (Å²) in [6.45, 7) is 2.46. The van der Waals surface area contributed by atoms with Gasteiger partial charge >= 0.3 is 0 Å². The average molecular weight is 453 g/mol. The molecule has 1 heterocycles. The second-order valence-electron chi connectivity index (χ2n) is 7.08. The predicted molar refractivity (Wildman–Crippen MR) is 116 cm³/mol. The Morgan fingerprint density at radius 1 is 1.27 bits per heavy atom. The van der Waals surface area contributed by atoms with Crippen molar-refractivity contribution in [3.05, 3.63) is 53.1 Å². The zero-order chi connectivity index (χ0) is 21.7. The van der Waals surface area contributed by atoms with Crippen LogP contribution in [-0.2, 0) is 19.6 Å². The molecule has 9 heteroatoms. The van der Waals surface area contributed by atoms with Gasteiger partial charge in [-0.25, -0.2) is 8.42 Å². The molecule has 1 fully saturated rings. The molecule has 1 amide bonds. The standard InChI is InChI=1S/C21H25ClN2O5S/c1-15-5-8-18(9-6-15)30(26,27)24(19-12-16(22)7-10-20(19)28-2)14-21(25)23-13-17-4-3-11-29-17/h5-10,12,17H,3-4,11,13-14H2,1-2H3,(H,23,25)/t17-/m1/s1. The molecule has 0 aliphatic carbocycles. The number of amides is 1. The molecule has 0 aromatic heterocycles. The van der Waals surface area contributed by atoms with Gasteiger partial charge in [0.15, 0.2) is 0 Å². The fourth-order valence-electron chi connectivity index (χ4n) is 3.21. The van der Waals surface area contributed by atoms with E-state index in [9.17, 15) is 13.2 Å². The van der Waals surface area contributed by atoms with Gasteiger partial charge in [0.05, 0.1) is 23.8 Å². The Balaban J connectivity index is 1.93. The normalized spacial score (nSPS) is 16.3. The Morgan fingerprint density at radius 3 is 2.63 bits per heavy atom. The van der Waals surface area contributed by atoms with Crippen LogP contribution >= 0.6 is 11.6 Å². The lowest BCUT2D eigenvalue weighted by atomic mass is 10.2. The Kier molecular flexibility index (Phi) is 7.23. The highest BCUT2D eigenvalue weighted by Crippen LogP contribution is 2.34. The van der Waals surface area contributed by atoms with Crippen molar-refractivity contribution in [1.29, 1.82) is 0 Å². The Hall–Kier alpha value is -2.29. The maximum atomic E-state index is 13.4. The number of ether oxygens (including phenoxy) is 2. The first-order valence-corrected chi connectivity index (χ1v) is 11.4. The van der Waals surface area contributed by atoms with E-state index in [1.807, 2.05) is 6.92 Å². The minimum absolute atomic E-state index is 0.0446. The van der Waals surface area contributed by atoms with Crippen LogP contribution in [0.2, 0.25) is 5.02 Å². The third kappa shape index (κ3) is 5.24. The summed E-state index contributed by atoms with van der Waals surface area (Å²) in [7, 11) is -2.62. The van der Waals surface area contributed by atoms with E-state index >= 15 is 0 Å². The summed E-state index contributed by atoms with van der Waals surface area (Å²) in [5, 5.41) is 3.09. The van der Waals surface area contributed by atoms with Gasteiger partial charge in [0.1, 0.15) is 12.3 Å². The van der Waals surface area contributed by atoms with Crippen molar-refractivity contribution in [1.82, 2.24) is 5.32 Å². The molecule has 162 valence electrons. The molecule has 1 N–H and O–H groups in total. The zero-order valence-corrected chi connectivity index (χ0v) is 18.5. The van der Waals surface area contributed by atoms with Crippen molar-refractivity contribution in [2.24, 2.45) is 0 Å². The molecule has 0 spiro atoms. The molecule has 3 rings (SSSR count). The molecule has 0 bridgehead atoms. The summed E-state index contributed by atoms with van der Waals surface area (Å²) >= 11 is 6.12. The monoisotopic (exact) mass is 452 g/mol. The van der Waals surface area contributed by atoms with Gasteiger partial charge in [0.25, 0.3) is 10.0 Å². The lowest BCUT2D eigenvalue weighted by Crippen LogP contribution is -2.43. The molecule has 0 unspecified atom stereocenters. The first kappa shape index (κ1) is 22.4. The SMILES string of the molecule is COc1ccc(Cl)cc1N(CC(=O)NC[C@H]1CCCO1)S(=O)(=O)c1ccc(C)cc1. The largest absolute Gasteiger partial charge is 0.495 e. The molecule has 30 heavy (non-hydrogen) atoms. The maximum Gasteiger partial charge on any atom is 0.264 e. The average Bonchev–Trinajstić information content (AvgIpc) is 3.24. The van der Waals surface area contributed by atoms with Gasteiger partial charge < -0.3 is 14.8 Å². The number of sulfonamides is 1. The molecule has 0 saturated carbocycles. The van der Waals surface area contributed by atoms with Gasteiger partial charge in [-0.15, -0.1) is 0 Å². The van der Waals surface area contributed by atoms with Crippen LogP contribution in [0.1, 0.15) is 18.4 Å². The second-order valence-corrected chi connectivity index (χ2v) is 9.38. The third-order valence-electron chi connectivity index (χ3n) is 4.86. The summed E-state index contributed by atoms with van der Waals surface area (Å²) in [6, 6.07) is 11.1. The highest BCUT2D eigenvalue weighted by Gasteiger charge is 2.30. The minimum atomic E-state index is -4.05. The Bertz CT molecular complexity index is 989. The van der Waals surface area contributed by atoms with Crippen molar-refractivity contribution < 1.29 is 22.7 Å². The quantitative estimate of drug-likeness (QED) is 0.665. The van der Waals surface area contributed by atoms with E-state index in [0.717, 1.165) is 22.7 Å². The van der Waals surface area contributed by atoms with E-state index in [2.05, 4.69) is 5.32 Å². The number of carbonyl (C=O) groups excluding carboxylic acids is 1. The number of aryl methyl sites for hydroxylation is 1. The fraction of sp³-hybridized carbons (Fsp3) is 0.381. The number of rotatable bonds is 8. The number of benzene rings is 2. The predicted octanol–water partition coefficient (Wildman–Crippen LogP) is 3.15. The first-order valence-electron chi connectivity index (χ1n) is 9.62. The second kappa shape index (κ2) is 9.68. The van der Waals surface area contributed by atoms with Crippen molar-refractivity contribution in [3.63, 3.8) is 0 Å². The van der Waals surface area contributed by atoms with Gasteiger partial charge in [0, 0.05) is 18.2 Å². The molecule has 0 radical (unpaired) electrons. The summed E-state index contributed by atoms with van der Waals surface area (Å²) in [5.41, 5.74) is 1.12. The van der Waals surface area contributed by atoms with E-state index in [4.69, 9.17) is 21.1 Å². The van der Waals surface area contributed by atoms with Crippen molar-refractivity contribution in [2.45, 2.75) is 30.8 Å². The zero-order valence-electron chi connectivity index (χ0n) is 16.9. The van der Waals surface area contributed by atoms with Crippen LogP contribution < -0.4 is 14.4 Å². The summed E-state index contributed by atoms with van der Waals surface area (Å²) in [4.78, 5) is 12.7. The molecule has 1 atom stereocenters. The van der Waals surface area contributed by atoms with E-state index in [1.54, 1.807) is 24.3 Å². The van der Waals surface area contributed by atoms with Gasteiger partial charge in [-0.3, -0.25) is 9.10 Å². The molecule has 2 aromatic carbocycles. The molecule has 7 nitrogen and oxygen atoms in total. The van der Waals surface area contributed by atoms with E-state index in [-0.39, 0.29) is 16.7 Å². The van der Waals surface area contributed by atoms with Gasteiger partial charge in [-0.2, -0.15) is 0 Å². The van der Waals surface area contributed by atoms with Gasteiger partial charge in [0.2, 0.25) is 5.91 Å². The number of hydrogen-bond acceptors (Lipinski definition) is 5. The highest BCUT2D eigenvalue weighted by atomic mass is 35.5. The number of hydrogen-bond donors (Lipinski definition) is 1. The van der Waals surface area contributed by atoms with E-state index < -0.39 is 22.5 Å². The number of halogens is 1. The summed E-state index contributed by atoms with van der Waals surface area (Å²) < 4.78 is 38.8. The van der Waals surface area contributed by atoms with E-state index in [0.29, 0.717) is 23.9 Å². The molecule has 2 aromatic rings. The number of carbonyl (C=O) groups is 1. The molecular weight excluding hydrogens is 428 g/mol. The maximum absolute atomic E-state index is 13.4. The van der Waals surface area contributed by atoms with Gasteiger partial charge in [-0.05, 0) is 50.1 Å². The molecular formula is C21H25ClN2O5S. The number of methoxy groups -OCH3 is 1. The van der Waals surface area contributed by atoms with E-state index in [1.165, 1.54) is 25.3 Å². The van der Waals surface area contributed by atoms with Crippen LogP contribution in [0, 0.1) is 6.92 Å². The number of anilines is 1. The smallest absolute Gasteiger partial charge is 0.264 e. The highest BCUT2D eigenvalue weighted by molar-refractivity contribution is 7.92. The van der Waals surface area contributed by atoms with Crippen LogP contribution in [0.3, 0.4) is 0 Å². The van der Waals surface area contributed by atoms with Crippen molar-refractivity contribution >= 4 is 33.2 Å². The minimum Gasteiger partial charge on any atom is -0.495 e. The van der Waals surface area contributed by atoms with Crippen LogP contribution in [0.25, 0.3) is 0 Å². The van der Waals surface area contributed by atoms with Crippen LogP contribution in [0.5, 0.6) is 5.75 Å². The molecule has 1 aliphatic rings. The third-order valence-corrected chi connectivity index (χ3v) is 6.87. The van der Waals surface area contributed by atoms with Gasteiger partial charge in [-0.1, -0.05) is 29.3 Å². The Labute approximate surface area is 182 Å². The molecule has 1 saturated heterocycles. The number of nitrogens with zero attached hydrogens (tertiary/aromatic N) is 1. The van der Waals surface area contributed by atoms with Crippen LogP contribution in [0.4, 0.5) is 5.69 Å². The Morgan fingerprint density at radius 2 is 2.00 bits per heavy atom. The lowest BCUT2D eigenvalue weighted by Gasteiger charge is -2.26. The topological polar surface area (TPSA) is 84.9 Å². The molecule has 1 aliphatic heterocycles.